The molecule has 118 valence electrons. The number of fused-ring (bicyclic) bond motifs is 1. The van der Waals surface area contributed by atoms with Crippen LogP contribution >= 0.6 is 0 Å². The van der Waals surface area contributed by atoms with Crippen molar-refractivity contribution >= 4 is 5.69 Å². The van der Waals surface area contributed by atoms with Gasteiger partial charge in [0.05, 0.1) is 0 Å². The summed E-state index contributed by atoms with van der Waals surface area (Å²) < 4.78 is 6.29. The third kappa shape index (κ3) is 2.32. The maximum Gasteiger partial charge on any atom is 0.295 e. The zero-order valence-corrected chi connectivity index (χ0v) is 13.1. The molecule has 3 nitrogen and oxygen atoms in total. The van der Waals surface area contributed by atoms with Crippen LogP contribution in [0.15, 0.2) is 41.7 Å². The number of benzene rings is 1. The highest BCUT2D eigenvalue weighted by Crippen LogP contribution is 2.47. The molecule has 1 saturated heterocycles. The molecule has 0 spiro atoms. The zero-order chi connectivity index (χ0) is 15.0. The van der Waals surface area contributed by atoms with Crippen molar-refractivity contribution in [2.45, 2.75) is 57.3 Å². The number of ether oxygens (including phenoxy) is 1. The Hall–Kier alpha value is -1.48. The molecule has 0 saturated carbocycles. The van der Waals surface area contributed by atoms with E-state index in [9.17, 15) is 5.11 Å². The molecule has 2 heterocycles. The van der Waals surface area contributed by atoms with Crippen LogP contribution in [0.3, 0.4) is 0 Å². The predicted molar refractivity (Wildman–Crippen MR) is 87.3 cm³/mol. The monoisotopic (exact) mass is 299 g/mol. The van der Waals surface area contributed by atoms with Crippen molar-refractivity contribution in [3.63, 3.8) is 0 Å². The van der Waals surface area contributed by atoms with E-state index in [1.54, 1.807) is 0 Å². The summed E-state index contributed by atoms with van der Waals surface area (Å²) in [6, 6.07) is 10.2. The van der Waals surface area contributed by atoms with E-state index in [1.807, 2.05) is 18.2 Å². The molecule has 1 aliphatic carbocycles. The van der Waals surface area contributed by atoms with Crippen molar-refractivity contribution < 1.29 is 9.84 Å². The van der Waals surface area contributed by atoms with E-state index in [1.165, 1.54) is 24.8 Å². The van der Waals surface area contributed by atoms with Crippen LogP contribution in [0, 0.1) is 5.92 Å². The molecular formula is C19H25NO2. The van der Waals surface area contributed by atoms with Gasteiger partial charge in [-0.15, -0.1) is 0 Å². The summed E-state index contributed by atoms with van der Waals surface area (Å²) in [7, 11) is 0. The molecule has 0 amide bonds. The summed E-state index contributed by atoms with van der Waals surface area (Å²) in [4.78, 5) is 2.10. The lowest BCUT2D eigenvalue weighted by Crippen LogP contribution is -2.57. The first kappa shape index (κ1) is 14.1. The molecule has 1 N–H and O–H groups in total. The van der Waals surface area contributed by atoms with Crippen molar-refractivity contribution in [1.82, 2.24) is 0 Å². The number of hydrogen-bond donors (Lipinski definition) is 1. The first-order valence-corrected chi connectivity index (χ1v) is 8.72. The average Bonchev–Trinajstić information content (AvgIpc) is 2.71. The fourth-order valence-electron chi connectivity index (χ4n) is 4.28. The van der Waals surface area contributed by atoms with Gasteiger partial charge in [-0.3, -0.25) is 0 Å². The quantitative estimate of drug-likeness (QED) is 0.844. The van der Waals surface area contributed by atoms with Gasteiger partial charge in [0.25, 0.3) is 5.91 Å². The van der Waals surface area contributed by atoms with E-state index in [4.69, 9.17) is 4.74 Å². The molecule has 1 aromatic carbocycles. The minimum Gasteiger partial charge on any atom is -0.449 e. The molecule has 0 unspecified atom stereocenters. The van der Waals surface area contributed by atoms with Crippen LogP contribution in [0.25, 0.3) is 0 Å². The fraction of sp³-hybridized carbons (Fsp3) is 0.579. The highest BCUT2D eigenvalue weighted by atomic mass is 16.7. The van der Waals surface area contributed by atoms with Crippen LogP contribution in [-0.4, -0.2) is 17.6 Å². The first-order valence-electron chi connectivity index (χ1n) is 8.72. The van der Waals surface area contributed by atoms with Crippen molar-refractivity contribution in [3.05, 3.63) is 41.7 Å². The average molecular weight is 299 g/mol. The Morgan fingerprint density at radius 1 is 1.05 bits per heavy atom. The molecule has 0 radical (unpaired) electrons. The molecule has 2 aliphatic heterocycles. The van der Waals surface area contributed by atoms with Gasteiger partial charge >= 0.3 is 0 Å². The summed E-state index contributed by atoms with van der Waals surface area (Å²) in [5.74, 6) is 0.105. The number of aliphatic hydroxyl groups is 1. The van der Waals surface area contributed by atoms with Gasteiger partial charge in [-0.2, -0.15) is 0 Å². The van der Waals surface area contributed by atoms with Gasteiger partial charge in [0.1, 0.15) is 5.76 Å². The fourth-order valence-corrected chi connectivity index (χ4v) is 4.28. The van der Waals surface area contributed by atoms with Gasteiger partial charge in [-0.25, -0.2) is 0 Å². The van der Waals surface area contributed by atoms with Gasteiger partial charge in [-0.05, 0) is 56.2 Å². The summed E-state index contributed by atoms with van der Waals surface area (Å²) in [5, 5.41) is 11.5. The third-order valence-electron chi connectivity index (χ3n) is 5.46. The maximum absolute atomic E-state index is 11.5. The molecular weight excluding hydrogens is 274 g/mol. The number of hydrogen-bond acceptors (Lipinski definition) is 3. The number of para-hydroxylation sites is 1. The lowest BCUT2D eigenvalue weighted by atomic mass is 9.83. The SMILES string of the molecule is O[C@]12OC3=C(CCCC3)C[C@H]1CCCCN2c1ccccc1. The van der Waals surface area contributed by atoms with E-state index < -0.39 is 5.91 Å². The Kier molecular flexibility index (Phi) is 3.61. The van der Waals surface area contributed by atoms with Crippen LogP contribution in [0.1, 0.15) is 51.4 Å². The second-order valence-corrected chi connectivity index (χ2v) is 6.88. The Morgan fingerprint density at radius 2 is 1.86 bits per heavy atom. The van der Waals surface area contributed by atoms with Gasteiger partial charge in [-0.1, -0.05) is 24.6 Å². The summed E-state index contributed by atoms with van der Waals surface area (Å²) in [6.07, 6.45) is 8.96. The van der Waals surface area contributed by atoms with E-state index in [2.05, 4.69) is 17.0 Å². The Morgan fingerprint density at radius 3 is 2.73 bits per heavy atom. The van der Waals surface area contributed by atoms with Crippen LogP contribution in [0.5, 0.6) is 0 Å². The molecule has 1 aromatic rings. The van der Waals surface area contributed by atoms with Crippen molar-refractivity contribution in [3.8, 4) is 0 Å². The van der Waals surface area contributed by atoms with E-state index in [-0.39, 0.29) is 5.92 Å². The topological polar surface area (TPSA) is 32.7 Å². The minimum absolute atomic E-state index is 0.187. The van der Waals surface area contributed by atoms with Crippen LogP contribution in [0.2, 0.25) is 0 Å². The molecule has 3 heteroatoms. The highest BCUT2D eigenvalue weighted by molar-refractivity contribution is 5.48. The lowest BCUT2D eigenvalue weighted by molar-refractivity contribution is -0.224. The Labute approximate surface area is 132 Å². The second kappa shape index (κ2) is 5.62. The van der Waals surface area contributed by atoms with Gasteiger partial charge in [0.2, 0.25) is 0 Å². The minimum atomic E-state index is -1.16. The highest BCUT2D eigenvalue weighted by Gasteiger charge is 2.50. The molecule has 22 heavy (non-hydrogen) atoms. The third-order valence-corrected chi connectivity index (χ3v) is 5.46. The number of allylic oxidation sites excluding steroid dienone is 2. The summed E-state index contributed by atoms with van der Waals surface area (Å²) >= 11 is 0. The van der Waals surface area contributed by atoms with E-state index >= 15 is 0 Å². The van der Waals surface area contributed by atoms with Crippen molar-refractivity contribution in [2.24, 2.45) is 5.92 Å². The lowest BCUT2D eigenvalue weighted by Gasteiger charge is -2.48. The second-order valence-electron chi connectivity index (χ2n) is 6.88. The maximum atomic E-state index is 11.5. The summed E-state index contributed by atoms with van der Waals surface area (Å²) in [6.45, 7) is 0.861. The summed E-state index contributed by atoms with van der Waals surface area (Å²) in [5.41, 5.74) is 2.53. The van der Waals surface area contributed by atoms with Gasteiger partial charge in [0.15, 0.2) is 0 Å². The van der Waals surface area contributed by atoms with Crippen molar-refractivity contribution in [2.75, 3.05) is 11.4 Å². The van der Waals surface area contributed by atoms with E-state index in [0.29, 0.717) is 0 Å². The number of anilines is 1. The van der Waals surface area contributed by atoms with Crippen molar-refractivity contribution in [1.29, 1.82) is 0 Å². The normalized spacial score (nSPS) is 31.9. The molecule has 1 fully saturated rings. The van der Waals surface area contributed by atoms with Gasteiger partial charge in [0, 0.05) is 24.6 Å². The Balaban J connectivity index is 1.72. The molecule has 0 aromatic heterocycles. The predicted octanol–water partition coefficient (Wildman–Crippen LogP) is 4.19. The smallest absolute Gasteiger partial charge is 0.295 e. The van der Waals surface area contributed by atoms with E-state index in [0.717, 1.165) is 50.1 Å². The standard InChI is InChI=1S/C19H25NO2/c21-19-16(14-15-8-4-5-12-18(15)22-19)9-6-7-13-20(19)17-10-2-1-3-11-17/h1-3,10-11,16,21H,4-9,12-14H2/t16-,19+/m1/s1. The number of rotatable bonds is 1. The van der Waals surface area contributed by atoms with Gasteiger partial charge < -0.3 is 14.7 Å². The molecule has 2 atom stereocenters. The molecule has 0 bridgehead atoms. The first-order chi connectivity index (χ1) is 10.8. The van der Waals surface area contributed by atoms with Crippen LogP contribution in [-0.2, 0) is 4.74 Å². The largest absolute Gasteiger partial charge is 0.449 e. The zero-order valence-electron chi connectivity index (χ0n) is 13.1. The van der Waals surface area contributed by atoms with Crippen LogP contribution < -0.4 is 4.90 Å². The Bertz CT molecular complexity index is 568. The molecule has 3 aliphatic rings. The van der Waals surface area contributed by atoms with Crippen LogP contribution in [0.4, 0.5) is 5.69 Å². The molecule has 4 rings (SSSR count). The number of nitrogens with zero attached hydrogens (tertiary/aromatic N) is 1.